The number of hydrogen-bond donors (Lipinski definition) is 1. The molecule has 6 nitrogen and oxygen atoms in total. The van der Waals surface area contributed by atoms with Gasteiger partial charge in [0.25, 0.3) is 0 Å². The SMILES string of the molecule is N#Cc1ccc(NC(=O)C(=O)N2CCCCC[C@H]2c2ccncc2)cc1. The van der Waals surface area contributed by atoms with Crippen LogP contribution in [0.5, 0.6) is 0 Å². The Balaban J connectivity index is 1.76. The molecule has 2 aromatic rings. The van der Waals surface area contributed by atoms with Crippen molar-refractivity contribution in [3.63, 3.8) is 0 Å². The van der Waals surface area contributed by atoms with Crippen molar-refractivity contribution in [3.05, 3.63) is 59.9 Å². The summed E-state index contributed by atoms with van der Waals surface area (Å²) in [7, 11) is 0. The van der Waals surface area contributed by atoms with Crippen LogP contribution in [-0.2, 0) is 9.59 Å². The van der Waals surface area contributed by atoms with Crippen LogP contribution in [0.2, 0.25) is 0 Å². The van der Waals surface area contributed by atoms with Crippen LogP contribution in [0.3, 0.4) is 0 Å². The van der Waals surface area contributed by atoms with E-state index in [9.17, 15) is 9.59 Å². The number of pyridine rings is 1. The molecule has 1 N–H and O–H groups in total. The van der Waals surface area contributed by atoms with E-state index in [1.807, 2.05) is 18.2 Å². The van der Waals surface area contributed by atoms with E-state index in [1.165, 1.54) is 0 Å². The zero-order valence-electron chi connectivity index (χ0n) is 14.4. The maximum absolute atomic E-state index is 12.8. The van der Waals surface area contributed by atoms with Gasteiger partial charge in [0.15, 0.2) is 0 Å². The second kappa shape index (κ2) is 8.26. The lowest BCUT2D eigenvalue weighted by Crippen LogP contribution is -2.42. The van der Waals surface area contributed by atoms with Crippen LogP contribution in [0.25, 0.3) is 0 Å². The van der Waals surface area contributed by atoms with Crippen molar-refractivity contribution in [1.29, 1.82) is 5.26 Å². The third-order valence-electron chi connectivity index (χ3n) is 4.57. The molecule has 3 rings (SSSR count). The number of carbonyl (C=O) groups is 2. The quantitative estimate of drug-likeness (QED) is 0.845. The summed E-state index contributed by atoms with van der Waals surface area (Å²) in [5.74, 6) is -1.19. The molecule has 6 heteroatoms. The zero-order valence-corrected chi connectivity index (χ0v) is 14.4. The molecule has 2 heterocycles. The minimum Gasteiger partial charge on any atom is -0.327 e. The van der Waals surface area contributed by atoms with Crippen LogP contribution >= 0.6 is 0 Å². The fourth-order valence-corrected chi connectivity index (χ4v) is 3.23. The molecule has 0 radical (unpaired) electrons. The number of nitrogens with one attached hydrogen (secondary N) is 1. The van der Waals surface area contributed by atoms with Crippen LogP contribution in [-0.4, -0.2) is 28.2 Å². The predicted octanol–water partition coefficient (Wildman–Crippen LogP) is 3.04. The first-order valence-electron chi connectivity index (χ1n) is 8.71. The highest BCUT2D eigenvalue weighted by Gasteiger charge is 2.30. The maximum Gasteiger partial charge on any atom is 0.313 e. The Hall–Kier alpha value is -3.20. The van der Waals surface area contributed by atoms with Crippen molar-refractivity contribution in [3.8, 4) is 6.07 Å². The number of hydrogen-bond acceptors (Lipinski definition) is 4. The molecule has 1 saturated heterocycles. The number of aromatic nitrogens is 1. The average Bonchev–Trinajstić information content (AvgIpc) is 2.94. The molecule has 1 aliphatic rings. The molecule has 2 amide bonds. The van der Waals surface area contributed by atoms with Gasteiger partial charge in [-0.1, -0.05) is 12.8 Å². The van der Waals surface area contributed by atoms with Gasteiger partial charge in [0.2, 0.25) is 0 Å². The van der Waals surface area contributed by atoms with E-state index in [4.69, 9.17) is 5.26 Å². The summed E-state index contributed by atoms with van der Waals surface area (Å²) in [6.45, 7) is 0.562. The molecule has 1 fully saturated rings. The van der Waals surface area contributed by atoms with Crippen LogP contribution in [0, 0.1) is 11.3 Å². The fraction of sp³-hybridized carbons (Fsp3) is 0.300. The molecule has 0 bridgehead atoms. The lowest BCUT2D eigenvalue weighted by atomic mass is 10.0. The van der Waals surface area contributed by atoms with Gasteiger partial charge < -0.3 is 10.2 Å². The van der Waals surface area contributed by atoms with Gasteiger partial charge in [-0.3, -0.25) is 14.6 Å². The largest absolute Gasteiger partial charge is 0.327 e. The second-order valence-electron chi connectivity index (χ2n) is 6.29. The van der Waals surface area contributed by atoms with Crippen molar-refractivity contribution in [1.82, 2.24) is 9.88 Å². The lowest BCUT2D eigenvalue weighted by molar-refractivity contribution is -0.144. The Kier molecular flexibility index (Phi) is 5.59. The number of anilines is 1. The topological polar surface area (TPSA) is 86.1 Å². The smallest absolute Gasteiger partial charge is 0.313 e. The van der Waals surface area contributed by atoms with Gasteiger partial charge in [-0.05, 0) is 54.8 Å². The van der Waals surface area contributed by atoms with E-state index in [0.717, 1.165) is 31.2 Å². The van der Waals surface area contributed by atoms with Gasteiger partial charge in [0.1, 0.15) is 0 Å². The second-order valence-corrected chi connectivity index (χ2v) is 6.29. The van der Waals surface area contributed by atoms with Crippen molar-refractivity contribution in [2.24, 2.45) is 0 Å². The number of rotatable bonds is 2. The Morgan fingerprint density at radius 1 is 1.08 bits per heavy atom. The fourth-order valence-electron chi connectivity index (χ4n) is 3.23. The number of nitrogens with zero attached hydrogens (tertiary/aromatic N) is 3. The third-order valence-corrected chi connectivity index (χ3v) is 4.57. The summed E-state index contributed by atoms with van der Waals surface area (Å²) in [6, 6.07) is 12.1. The number of carbonyl (C=O) groups excluding carboxylic acids is 2. The molecule has 132 valence electrons. The maximum atomic E-state index is 12.8. The molecule has 26 heavy (non-hydrogen) atoms. The molecule has 0 aliphatic carbocycles. The van der Waals surface area contributed by atoms with Gasteiger partial charge in [-0.15, -0.1) is 0 Å². The highest BCUT2D eigenvalue weighted by molar-refractivity contribution is 6.39. The van der Waals surface area contributed by atoms with Gasteiger partial charge in [0.05, 0.1) is 17.7 Å². The minimum atomic E-state index is -0.657. The summed E-state index contributed by atoms with van der Waals surface area (Å²) in [4.78, 5) is 31.0. The first-order chi connectivity index (χ1) is 12.7. The Bertz CT molecular complexity index is 812. The van der Waals surface area contributed by atoms with Crippen LogP contribution < -0.4 is 5.32 Å². The number of nitriles is 1. The highest BCUT2D eigenvalue weighted by Crippen LogP contribution is 2.30. The Morgan fingerprint density at radius 2 is 1.81 bits per heavy atom. The standard InChI is InChI=1S/C20H20N4O2/c21-14-15-5-7-17(8-6-15)23-19(25)20(26)24-13-3-1-2-4-18(24)16-9-11-22-12-10-16/h5-12,18H,1-4,13H2,(H,23,25)/t18-/m0/s1. The van der Waals surface area contributed by atoms with Gasteiger partial charge >= 0.3 is 11.8 Å². The van der Waals surface area contributed by atoms with Crippen molar-refractivity contribution >= 4 is 17.5 Å². The molecule has 1 aromatic heterocycles. The van der Waals surface area contributed by atoms with Crippen molar-refractivity contribution < 1.29 is 9.59 Å². The number of benzene rings is 1. The lowest BCUT2D eigenvalue weighted by Gasteiger charge is -2.29. The van der Waals surface area contributed by atoms with E-state index in [2.05, 4.69) is 10.3 Å². The van der Waals surface area contributed by atoms with E-state index in [1.54, 1.807) is 41.6 Å². The average molecular weight is 348 g/mol. The summed E-state index contributed by atoms with van der Waals surface area (Å²) < 4.78 is 0. The van der Waals surface area contributed by atoms with Crippen LogP contribution in [0.1, 0.15) is 42.9 Å². The minimum absolute atomic E-state index is 0.111. The van der Waals surface area contributed by atoms with E-state index >= 15 is 0 Å². The van der Waals surface area contributed by atoms with Crippen molar-refractivity contribution in [2.45, 2.75) is 31.7 Å². The first-order valence-corrected chi connectivity index (χ1v) is 8.71. The third kappa shape index (κ3) is 4.06. The molecule has 0 saturated carbocycles. The summed E-state index contributed by atoms with van der Waals surface area (Å²) >= 11 is 0. The first kappa shape index (κ1) is 17.6. The molecule has 0 unspecified atom stereocenters. The molecule has 1 aromatic carbocycles. The van der Waals surface area contributed by atoms with Gasteiger partial charge in [-0.2, -0.15) is 5.26 Å². The van der Waals surface area contributed by atoms with Crippen molar-refractivity contribution in [2.75, 3.05) is 11.9 Å². The molecular formula is C20H20N4O2. The predicted molar refractivity (Wildman–Crippen MR) is 96.9 cm³/mol. The molecule has 1 aliphatic heterocycles. The van der Waals surface area contributed by atoms with Gasteiger partial charge in [0, 0.05) is 24.6 Å². The monoisotopic (exact) mass is 348 g/mol. The Morgan fingerprint density at radius 3 is 2.50 bits per heavy atom. The molecule has 1 atom stereocenters. The van der Waals surface area contributed by atoms with E-state index in [-0.39, 0.29) is 6.04 Å². The molecule has 0 spiro atoms. The van der Waals surface area contributed by atoms with Crippen LogP contribution in [0.4, 0.5) is 5.69 Å². The summed E-state index contributed by atoms with van der Waals surface area (Å²) in [5, 5.41) is 11.5. The van der Waals surface area contributed by atoms with E-state index in [0.29, 0.717) is 17.8 Å². The summed E-state index contributed by atoms with van der Waals surface area (Å²) in [6.07, 6.45) is 7.20. The Labute approximate surface area is 152 Å². The van der Waals surface area contributed by atoms with Gasteiger partial charge in [-0.25, -0.2) is 0 Å². The summed E-state index contributed by atoms with van der Waals surface area (Å²) in [5.41, 5.74) is 2.00. The normalized spacial score (nSPS) is 17.0. The number of amides is 2. The molecular weight excluding hydrogens is 328 g/mol. The highest BCUT2D eigenvalue weighted by atomic mass is 16.2. The zero-order chi connectivity index (χ0) is 18.4. The van der Waals surface area contributed by atoms with E-state index < -0.39 is 11.8 Å². The number of likely N-dealkylation sites (tertiary alicyclic amines) is 1. The van der Waals surface area contributed by atoms with Crippen LogP contribution in [0.15, 0.2) is 48.8 Å².